The Balaban J connectivity index is 1.90. The number of hydrogen-bond acceptors (Lipinski definition) is 4. The predicted octanol–water partition coefficient (Wildman–Crippen LogP) is 0.900. The number of rotatable bonds is 3. The lowest BCUT2D eigenvalue weighted by atomic mass is 10.1. The van der Waals surface area contributed by atoms with E-state index in [4.69, 9.17) is 11.6 Å². The minimum atomic E-state index is -2.90. The summed E-state index contributed by atoms with van der Waals surface area (Å²) in [7, 11) is -2.90. The van der Waals surface area contributed by atoms with Crippen LogP contribution < -0.4 is 5.32 Å². The zero-order valence-electron chi connectivity index (χ0n) is 9.60. The van der Waals surface area contributed by atoms with Crippen molar-refractivity contribution in [3.8, 4) is 0 Å². The van der Waals surface area contributed by atoms with Crippen LogP contribution >= 0.6 is 11.6 Å². The third-order valence-electron chi connectivity index (χ3n) is 2.83. The molecule has 18 heavy (non-hydrogen) atoms. The summed E-state index contributed by atoms with van der Waals surface area (Å²) < 4.78 is 22.5. The van der Waals surface area contributed by atoms with Gasteiger partial charge in [-0.2, -0.15) is 0 Å². The third-order valence-corrected chi connectivity index (χ3v) is 4.90. The maximum atomic E-state index is 11.7. The fraction of sp³-hybridized carbons (Fsp3) is 0.455. The van der Waals surface area contributed by atoms with Crippen molar-refractivity contribution >= 4 is 27.3 Å². The monoisotopic (exact) mass is 288 g/mol. The lowest BCUT2D eigenvalue weighted by molar-refractivity contribution is 0.0943. The molecule has 0 radical (unpaired) electrons. The van der Waals surface area contributed by atoms with Gasteiger partial charge in [-0.1, -0.05) is 11.6 Å². The first-order valence-corrected chi connectivity index (χ1v) is 7.76. The summed E-state index contributed by atoms with van der Waals surface area (Å²) in [5.74, 6) is 0.0269. The Morgan fingerprint density at radius 1 is 1.56 bits per heavy atom. The second-order valence-electron chi connectivity index (χ2n) is 4.34. The van der Waals surface area contributed by atoms with Gasteiger partial charge in [-0.05, 0) is 24.5 Å². The lowest BCUT2D eigenvalue weighted by Crippen LogP contribution is -2.30. The second-order valence-corrected chi connectivity index (χ2v) is 7.00. The van der Waals surface area contributed by atoms with Gasteiger partial charge in [-0.15, -0.1) is 0 Å². The quantitative estimate of drug-likeness (QED) is 0.896. The number of aromatic nitrogens is 1. The molecule has 5 nitrogen and oxygen atoms in total. The topological polar surface area (TPSA) is 76.1 Å². The third kappa shape index (κ3) is 3.43. The van der Waals surface area contributed by atoms with E-state index in [1.807, 2.05) is 0 Å². The van der Waals surface area contributed by atoms with Crippen molar-refractivity contribution in [3.63, 3.8) is 0 Å². The Bertz CT molecular complexity index is 559. The van der Waals surface area contributed by atoms with Crippen molar-refractivity contribution in [3.05, 3.63) is 29.0 Å². The molecule has 1 atom stereocenters. The summed E-state index contributed by atoms with van der Waals surface area (Å²) >= 11 is 5.75. The van der Waals surface area contributed by atoms with E-state index in [0.717, 1.165) is 0 Å². The van der Waals surface area contributed by atoms with Crippen LogP contribution in [0.3, 0.4) is 0 Å². The Morgan fingerprint density at radius 2 is 2.33 bits per heavy atom. The fourth-order valence-electron chi connectivity index (χ4n) is 1.89. The standard InChI is InChI=1S/C11H13ClN2O3S/c12-9-1-3-13-10(5-9)11(15)14-6-8-2-4-18(16,17)7-8/h1,3,5,8H,2,4,6-7H2,(H,14,15)/t8-/m0/s1. The van der Waals surface area contributed by atoms with Crippen molar-refractivity contribution in [2.24, 2.45) is 5.92 Å². The van der Waals surface area contributed by atoms with Gasteiger partial charge in [0.05, 0.1) is 11.5 Å². The van der Waals surface area contributed by atoms with Crippen LogP contribution in [0.15, 0.2) is 18.3 Å². The first-order valence-electron chi connectivity index (χ1n) is 5.56. The number of carbonyl (C=O) groups is 1. The van der Waals surface area contributed by atoms with Gasteiger partial charge in [0.15, 0.2) is 9.84 Å². The van der Waals surface area contributed by atoms with Gasteiger partial charge in [0.2, 0.25) is 0 Å². The maximum Gasteiger partial charge on any atom is 0.269 e. The molecule has 1 N–H and O–H groups in total. The summed E-state index contributed by atoms with van der Waals surface area (Å²) in [6.45, 7) is 0.353. The van der Waals surface area contributed by atoms with Crippen LogP contribution in [0, 0.1) is 5.92 Å². The molecular formula is C11H13ClN2O3S. The van der Waals surface area contributed by atoms with Crippen LogP contribution in [-0.4, -0.2) is 37.4 Å². The average Bonchev–Trinajstić information content (AvgIpc) is 2.66. The summed E-state index contributed by atoms with van der Waals surface area (Å²) in [5.41, 5.74) is 0.239. The molecule has 1 aliphatic heterocycles. The summed E-state index contributed by atoms with van der Waals surface area (Å²) in [4.78, 5) is 15.6. The average molecular weight is 289 g/mol. The molecular weight excluding hydrogens is 276 g/mol. The normalized spacial score (nSPS) is 21.7. The number of sulfone groups is 1. The van der Waals surface area contributed by atoms with Gasteiger partial charge in [-0.3, -0.25) is 9.78 Å². The van der Waals surface area contributed by atoms with E-state index in [9.17, 15) is 13.2 Å². The number of amides is 1. The SMILES string of the molecule is O=C(NC[C@@H]1CCS(=O)(=O)C1)c1cc(Cl)ccn1. The highest BCUT2D eigenvalue weighted by atomic mass is 35.5. The first-order chi connectivity index (χ1) is 8.46. The molecule has 0 aromatic carbocycles. The minimum absolute atomic E-state index is 0.00173. The van der Waals surface area contributed by atoms with Gasteiger partial charge >= 0.3 is 0 Å². The zero-order chi connectivity index (χ0) is 13.2. The Kier molecular flexibility index (Phi) is 3.87. The highest BCUT2D eigenvalue weighted by Gasteiger charge is 2.28. The molecule has 1 saturated heterocycles. The molecule has 98 valence electrons. The zero-order valence-corrected chi connectivity index (χ0v) is 11.2. The van der Waals surface area contributed by atoms with E-state index in [1.165, 1.54) is 12.3 Å². The number of nitrogens with one attached hydrogen (secondary N) is 1. The Hall–Kier alpha value is -1.14. The molecule has 1 aromatic heterocycles. The van der Waals surface area contributed by atoms with E-state index in [-0.39, 0.29) is 29.0 Å². The van der Waals surface area contributed by atoms with E-state index < -0.39 is 9.84 Å². The summed E-state index contributed by atoms with van der Waals surface area (Å²) in [5, 5.41) is 3.12. The van der Waals surface area contributed by atoms with Crippen molar-refractivity contribution in [1.29, 1.82) is 0 Å². The van der Waals surface area contributed by atoms with Crippen LogP contribution in [0.5, 0.6) is 0 Å². The van der Waals surface area contributed by atoms with Crippen LogP contribution in [0.1, 0.15) is 16.9 Å². The van der Waals surface area contributed by atoms with Gasteiger partial charge < -0.3 is 5.32 Å². The molecule has 0 unspecified atom stereocenters. The Morgan fingerprint density at radius 3 is 2.94 bits per heavy atom. The number of nitrogens with zero attached hydrogens (tertiary/aromatic N) is 1. The predicted molar refractivity (Wildman–Crippen MR) is 68.3 cm³/mol. The van der Waals surface area contributed by atoms with Gasteiger partial charge in [-0.25, -0.2) is 8.42 Å². The van der Waals surface area contributed by atoms with Gasteiger partial charge in [0, 0.05) is 17.8 Å². The van der Waals surface area contributed by atoms with Crippen molar-refractivity contribution in [2.45, 2.75) is 6.42 Å². The van der Waals surface area contributed by atoms with Crippen LogP contribution in [0.25, 0.3) is 0 Å². The van der Waals surface area contributed by atoms with Crippen molar-refractivity contribution < 1.29 is 13.2 Å². The number of pyridine rings is 1. The molecule has 1 aliphatic rings. The molecule has 7 heteroatoms. The molecule has 0 saturated carbocycles. The highest BCUT2D eigenvalue weighted by molar-refractivity contribution is 7.91. The molecule has 0 spiro atoms. The molecule has 1 fully saturated rings. The summed E-state index contributed by atoms with van der Waals surface area (Å²) in [6, 6.07) is 3.06. The lowest BCUT2D eigenvalue weighted by Gasteiger charge is -2.09. The van der Waals surface area contributed by atoms with Gasteiger partial charge in [0.1, 0.15) is 5.69 Å². The largest absolute Gasteiger partial charge is 0.350 e. The van der Waals surface area contributed by atoms with Crippen LogP contribution in [-0.2, 0) is 9.84 Å². The van der Waals surface area contributed by atoms with Crippen LogP contribution in [0.2, 0.25) is 5.02 Å². The molecule has 1 amide bonds. The smallest absolute Gasteiger partial charge is 0.269 e. The van der Waals surface area contributed by atoms with Crippen molar-refractivity contribution in [2.75, 3.05) is 18.1 Å². The molecule has 0 aliphatic carbocycles. The molecule has 0 bridgehead atoms. The highest BCUT2D eigenvalue weighted by Crippen LogP contribution is 2.17. The minimum Gasteiger partial charge on any atom is -0.350 e. The first kappa shape index (κ1) is 13.3. The molecule has 2 heterocycles. The van der Waals surface area contributed by atoms with Crippen LogP contribution in [0.4, 0.5) is 0 Å². The van der Waals surface area contributed by atoms with E-state index in [0.29, 0.717) is 18.0 Å². The molecule has 2 rings (SSSR count). The fourth-order valence-corrected chi connectivity index (χ4v) is 3.91. The number of carbonyl (C=O) groups excluding carboxylic acids is 1. The maximum absolute atomic E-state index is 11.7. The number of halogens is 1. The second kappa shape index (κ2) is 5.24. The van der Waals surface area contributed by atoms with Gasteiger partial charge in [0.25, 0.3) is 5.91 Å². The Labute approximate surface area is 110 Å². The summed E-state index contributed by atoms with van der Waals surface area (Å²) in [6.07, 6.45) is 2.06. The number of hydrogen-bond donors (Lipinski definition) is 1. The van der Waals surface area contributed by atoms with E-state index in [1.54, 1.807) is 6.07 Å². The van der Waals surface area contributed by atoms with Crippen molar-refractivity contribution in [1.82, 2.24) is 10.3 Å². The van der Waals surface area contributed by atoms with E-state index >= 15 is 0 Å². The molecule has 1 aromatic rings. The van der Waals surface area contributed by atoms with E-state index in [2.05, 4.69) is 10.3 Å².